The van der Waals surface area contributed by atoms with Gasteiger partial charge in [-0.1, -0.05) is 57.8 Å². The van der Waals surface area contributed by atoms with Crippen molar-refractivity contribution in [2.24, 2.45) is 0 Å². The fraction of sp³-hybridized carbons (Fsp3) is 1.00. The second-order valence-corrected chi connectivity index (χ2v) is 6.96. The van der Waals surface area contributed by atoms with Gasteiger partial charge in [-0.2, -0.15) is 0 Å². The molecule has 0 aliphatic heterocycles. The summed E-state index contributed by atoms with van der Waals surface area (Å²) in [4.78, 5) is 0. The van der Waals surface area contributed by atoms with Crippen LogP contribution in [0.25, 0.3) is 0 Å². The average Bonchev–Trinajstić information content (AvgIpc) is 2.28. The van der Waals surface area contributed by atoms with Crippen LogP contribution in [-0.2, 0) is 10.1 Å². The van der Waals surface area contributed by atoms with Crippen molar-refractivity contribution in [3.63, 3.8) is 0 Å². The molecule has 0 spiro atoms. The predicted molar refractivity (Wildman–Crippen MR) is 77.0 cm³/mol. The van der Waals surface area contributed by atoms with Gasteiger partial charge in [0.1, 0.15) is 0 Å². The molecule has 0 saturated heterocycles. The molecule has 1 atom stereocenters. The molecule has 6 heteroatoms. The summed E-state index contributed by atoms with van der Waals surface area (Å²) in [7, 11) is -4.01. The van der Waals surface area contributed by atoms with Gasteiger partial charge >= 0.3 is 51.4 Å². The van der Waals surface area contributed by atoms with Crippen molar-refractivity contribution >= 4 is 10.1 Å². The molecule has 20 heavy (non-hydrogen) atoms. The zero-order valence-corrected chi connectivity index (χ0v) is 17.1. The van der Waals surface area contributed by atoms with E-state index in [0.717, 1.165) is 32.1 Å². The van der Waals surface area contributed by atoms with Crippen LogP contribution in [0, 0.1) is 0 Å². The van der Waals surface area contributed by atoms with Crippen molar-refractivity contribution < 1.29 is 69.5 Å². The first-order valence-corrected chi connectivity index (χ1v) is 9.11. The van der Waals surface area contributed by atoms with Gasteiger partial charge in [-0.05, 0) is 19.8 Å². The third-order valence-corrected chi connectivity index (χ3v) is 4.05. The van der Waals surface area contributed by atoms with Crippen LogP contribution in [0.15, 0.2) is 0 Å². The molecule has 4 nitrogen and oxygen atoms in total. The van der Waals surface area contributed by atoms with Gasteiger partial charge in [0.05, 0.1) is 16.2 Å². The van der Waals surface area contributed by atoms with Crippen molar-refractivity contribution in [1.82, 2.24) is 0 Å². The summed E-state index contributed by atoms with van der Waals surface area (Å²) in [5.41, 5.74) is 0. The zero-order valence-electron chi connectivity index (χ0n) is 13.1. The molecule has 0 fully saturated rings. The Morgan fingerprint density at radius 2 is 1.20 bits per heavy atom. The first-order valence-electron chi connectivity index (χ1n) is 7.53. The monoisotopic (exact) mass is 332 g/mol. The largest absolute Gasteiger partial charge is 1.00 e. The molecule has 0 amide bonds. The summed E-state index contributed by atoms with van der Waals surface area (Å²) in [6.07, 6.45) is 11.5. The van der Waals surface area contributed by atoms with Gasteiger partial charge in [0, 0.05) is 5.75 Å². The minimum atomic E-state index is -4.01. The maximum Gasteiger partial charge on any atom is 1.00 e. The summed E-state index contributed by atoms with van der Waals surface area (Å²) in [6.45, 7) is 1.83. The predicted octanol–water partition coefficient (Wildman–Crippen LogP) is 0.208. The molecule has 0 aliphatic rings. The second-order valence-electron chi connectivity index (χ2n) is 5.44. The molecule has 0 aromatic carbocycles. The average molecular weight is 333 g/mol. The van der Waals surface area contributed by atoms with E-state index in [1.54, 1.807) is 0 Å². The van der Waals surface area contributed by atoms with Crippen molar-refractivity contribution in [3.8, 4) is 0 Å². The zero-order chi connectivity index (χ0) is 14.6. The Morgan fingerprint density at radius 3 is 1.55 bits per heavy atom. The number of unbranched alkanes of at least 4 members (excludes halogenated alkanes) is 9. The minimum Gasteiger partial charge on any atom is -0.748 e. The molecule has 0 heterocycles. The van der Waals surface area contributed by atoms with Gasteiger partial charge in [-0.25, -0.2) is 8.42 Å². The van der Waals surface area contributed by atoms with Crippen LogP contribution in [0.3, 0.4) is 0 Å². The van der Waals surface area contributed by atoms with E-state index >= 15 is 0 Å². The normalized spacial score (nSPS) is 12.9. The summed E-state index contributed by atoms with van der Waals surface area (Å²) in [5.74, 6) is -0.212. The number of rotatable bonds is 13. The van der Waals surface area contributed by atoms with Gasteiger partial charge in [-0.3, -0.25) is 0 Å². The van der Waals surface area contributed by atoms with Crippen LogP contribution in [0.2, 0.25) is 0 Å². The van der Waals surface area contributed by atoms with Crippen LogP contribution >= 0.6 is 0 Å². The maximum absolute atomic E-state index is 10.4. The van der Waals surface area contributed by atoms with E-state index < -0.39 is 10.1 Å². The molecule has 0 bridgehead atoms. The fourth-order valence-electron chi connectivity index (χ4n) is 2.13. The third-order valence-electron chi connectivity index (χ3n) is 3.27. The molecule has 0 aliphatic carbocycles. The number of aliphatic hydroxyl groups excluding tert-OH is 1. The fourth-order valence-corrected chi connectivity index (χ4v) is 2.69. The number of aliphatic hydroxyl groups is 1. The van der Waals surface area contributed by atoms with Crippen molar-refractivity contribution in [1.29, 1.82) is 0 Å². The summed E-state index contributed by atoms with van der Waals surface area (Å²) in [5, 5.41) is 9.09. The van der Waals surface area contributed by atoms with Crippen molar-refractivity contribution in [2.75, 3.05) is 5.75 Å². The topological polar surface area (TPSA) is 77.4 Å². The Morgan fingerprint density at radius 1 is 0.850 bits per heavy atom. The molecule has 1 N–H and O–H groups in total. The third kappa shape index (κ3) is 21.8. The van der Waals surface area contributed by atoms with E-state index in [-0.39, 0.29) is 63.2 Å². The molecular weight excluding hydrogens is 303 g/mol. The first-order chi connectivity index (χ1) is 8.92. The Hall–Kier alpha value is 1.51. The molecule has 1 unspecified atom stereocenters. The van der Waals surface area contributed by atoms with E-state index in [9.17, 15) is 13.0 Å². The summed E-state index contributed by atoms with van der Waals surface area (Å²) in [6, 6.07) is 0. The van der Waals surface area contributed by atoms with Crippen LogP contribution in [0.5, 0.6) is 0 Å². The van der Waals surface area contributed by atoms with Gasteiger partial charge in [0.15, 0.2) is 0 Å². The minimum absolute atomic E-state index is 0. The number of hydrogen-bond acceptors (Lipinski definition) is 4. The molecule has 0 aromatic heterocycles. The smallest absolute Gasteiger partial charge is 0.748 e. The Bertz CT molecular complexity index is 292. The standard InChI is InChI=1S/C14H30O4S.K/c1-14(15)12-10-8-6-4-2-3-5-7-9-11-13-19(16,17)18;/h14-15H,2-13H2,1H3,(H,16,17,18);/q;+1/p-1. The first kappa shape index (κ1) is 23.8. The number of hydrogen-bond donors (Lipinski definition) is 1. The van der Waals surface area contributed by atoms with Gasteiger partial charge in [0.2, 0.25) is 0 Å². The molecular formula is C14H29KO4S. The summed E-state index contributed by atoms with van der Waals surface area (Å²) < 4.78 is 31.1. The maximum atomic E-state index is 10.4. The molecule has 0 rings (SSSR count). The second kappa shape index (κ2) is 15.4. The van der Waals surface area contributed by atoms with E-state index in [1.807, 2.05) is 6.92 Å². The summed E-state index contributed by atoms with van der Waals surface area (Å²) >= 11 is 0. The van der Waals surface area contributed by atoms with Gasteiger partial charge in [-0.15, -0.1) is 0 Å². The van der Waals surface area contributed by atoms with Crippen LogP contribution < -0.4 is 51.4 Å². The van der Waals surface area contributed by atoms with E-state index in [0.29, 0.717) is 6.42 Å². The Kier molecular flexibility index (Phi) is 18.3. The molecule has 0 aromatic rings. The Balaban J connectivity index is 0. The van der Waals surface area contributed by atoms with Crippen molar-refractivity contribution in [2.45, 2.75) is 83.7 Å². The molecule has 116 valence electrons. The Labute approximate surface area is 167 Å². The van der Waals surface area contributed by atoms with E-state index in [2.05, 4.69) is 0 Å². The van der Waals surface area contributed by atoms with Crippen LogP contribution in [0.1, 0.15) is 77.6 Å². The van der Waals surface area contributed by atoms with Crippen molar-refractivity contribution in [3.05, 3.63) is 0 Å². The van der Waals surface area contributed by atoms with E-state index in [4.69, 9.17) is 5.11 Å². The molecule has 0 radical (unpaired) electrons. The van der Waals surface area contributed by atoms with Gasteiger partial charge in [0.25, 0.3) is 0 Å². The SMILES string of the molecule is CC(O)CCCCCCCCCCCCS(=O)(=O)[O-].[K+]. The quantitative estimate of drug-likeness (QED) is 0.297. The van der Waals surface area contributed by atoms with Gasteiger partial charge < -0.3 is 9.66 Å². The van der Waals surface area contributed by atoms with Crippen LogP contribution in [-0.4, -0.2) is 29.9 Å². The van der Waals surface area contributed by atoms with Crippen LogP contribution in [0.4, 0.5) is 0 Å². The molecule has 0 saturated carbocycles. The van der Waals surface area contributed by atoms with E-state index in [1.165, 1.54) is 32.1 Å².